The maximum absolute atomic E-state index is 12.3. The minimum Gasteiger partial charge on any atom is -0.341 e. The first kappa shape index (κ1) is 17.0. The molecule has 0 atom stereocenters. The monoisotopic (exact) mass is 330 g/mol. The number of para-hydroxylation sites is 1. The van der Waals surface area contributed by atoms with Crippen molar-refractivity contribution in [2.45, 2.75) is 18.5 Å². The molecule has 0 unspecified atom stereocenters. The highest BCUT2D eigenvalue weighted by Crippen LogP contribution is 2.17. The molecule has 7 heteroatoms. The Bertz CT molecular complexity index is 810. The van der Waals surface area contributed by atoms with Crippen molar-refractivity contribution >= 4 is 28.6 Å². The molecule has 0 aliphatic rings. The number of fused-ring (bicyclic) bond motifs is 1. The summed E-state index contributed by atoms with van der Waals surface area (Å²) < 4.78 is 1.46. The van der Waals surface area contributed by atoms with Gasteiger partial charge in [-0.25, -0.2) is 4.98 Å². The molecule has 120 valence electrons. The predicted octanol–water partition coefficient (Wildman–Crippen LogP) is 1.79. The number of nitriles is 1. The summed E-state index contributed by atoms with van der Waals surface area (Å²) >= 11 is 1.24. The minimum absolute atomic E-state index is 0.0600. The van der Waals surface area contributed by atoms with Crippen LogP contribution in [0.25, 0.3) is 10.9 Å². The van der Waals surface area contributed by atoms with E-state index >= 15 is 0 Å². The van der Waals surface area contributed by atoms with Gasteiger partial charge in [0.2, 0.25) is 5.91 Å². The van der Waals surface area contributed by atoms with Crippen molar-refractivity contribution in [3.63, 3.8) is 0 Å². The van der Waals surface area contributed by atoms with E-state index in [2.05, 4.69) is 4.98 Å². The quantitative estimate of drug-likeness (QED) is 0.596. The molecule has 23 heavy (non-hydrogen) atoms. The highest BCUT2D eigenvalue weighted by atomic mass is 32.2. The Kier molecular flexibility index (Phi) is 5.77. The number of benzene rings is 1. The predicted molar refractivity (Wildman–Crippen MR) is 90.2 cm³/mol. The average molecular weight is 330 g/mol. The first-order valence-corrected chi connectivity index (χ1v) is 8.30. The molecular formula is C16H18N4O2S. The standard InChI is InChI=1S/C16H18N4O2S/c1-3-20(10-6-9-17)14(21)11-23-16-18-13-8-5-4-7-12(13)15(22)19(16)2/h4-5,7-8H,3,6,10-11H2,1-2H3. The van der Waals surface area contributed by atoms with Gasteiger partial charge < -0.3 is 4.90 Å². The molecule has 0 aliphatic heterocycles. The van der Waals surface area contributed by atoms with Crippen LogP contribution in [0.15, 0.2) is 34.2 Å². The smallest absolute Gasteiger partial charge is 0.261 e. The SMILES string of the molecule is CCN(CCC#N)C(=O)CSc1nc2ccccc2c(=O)n1C. The highest BCUT2D eigenvalue weighted by molar-refractivity contribution is 7.99. The molecule has 6 nitrogen and oxygen atoms in total. The Balaban J connectivity index is 2.16. The van der Waals surface area contributed by atoms with Crippen LogP contribution in [0.4, 0.5) is 0 Å². The summed E-state index contributed by atoms with van der Waals surface area (Å²) in [5.41, 5.74) is 0.504. The third-order valence-corrected chi connectivity index (χ3v) is 4.51. The molecule has 2 aromatic rings. The van der Waals surface area contributed by atoms with Crippen molar-refractivity contribution < 1.29 is 4.79 Å². The number of carbonyl (C=O) groups excluding carboxylic acids is 1. The largest absolute Gasteiger partial charge is 0.341 e. The van der Waals surface area contributed by atoms with Crippen LogP contribution in [-0.4, -0.2) is 39.2 Å². The van der Waals surface area contributed by atoms with E-state index in [0.717, 1.165) is 0 Å². The van der Waals surface area contributed by atoms with Crippen molar-refractivity contribution in [2.24, 2.45) is 7.05 Å². The molecule has 0 radical (unpaired) electrons. The molecule has 1 aromatic carbocycles. The van der Waals surface area contributed by atoms with E-state index in [9.17, 15) is 9.59 Å². The fourth-order valence-electron chi connectivity index (χ4n) is 2.19. The summed E-state index contributed by atoms with van der Waals surface area (Å²) in [5, 5.41) is 9.70. The van der Waals surface area contributed by atoms with Gasteiger partial charge in [-0.2, -0.15) is 5.26 Å². The van der Waals surface area contributed by atoms with Crippen molar-refractivity contribution in [3.8, 4) is 6.07 Å². The topological polar surface area (TPSA) is 79.0 Å². The summed E-state index contributed by atoms with van der Waals surface area (Å²) in [5.74, 6) is 0.132. The molecular weight excluding hydrogens is 312 g/mol. The molecule has 1 heterocycles. The second-order valence-electron chi connectivity index (χ2n) is 4.95. The van der Waals surface area contributed by atoms with Crippen LogP contribution in [0.3, 0.4) is 0 Å². The average Bonchev–Trinajstić information content (AvgIpc) is 2.57. The van der Waals surface area contributed by atoms with E-state index in [1.54, 1.807) is 30.1 Å². The number of hydrogen-bond acceptors (Lipinski definition) is 5. The zero-order valence-electron chi connectivity index (χ0n) is 13.2. The normalized spacial score (nSPS) is 10.5. The van der Waals surface area contributed by atoms with Crippen LogP contribution >= 0.6 is 11.8 Å². The van der Waals surface area contributed by atoms with E-state index in [1.807, 2.05) is 19.1 Å². The maximum atomic E-state index is 12.3. The van der Waals surface area contributed by atoms with Gasteiger partial charge in [-0.3, -0.25) is 14.2 Å². The van der Waals surface area contributed by atoms with Crippen LogP contribution < -0.4 is 5.56 Å². The summed E-state index contributed by atoms with van der Waals surface area (Å²) in [7, 11) is 1.65. The van der Waals surface area contributed by atoms with Crippen molar-refractivity contribution in [2.75, 3.05) is 18.8 Å². The number of aromatic nitrogens is 2. The van der Waals surface area contributed by atoms with Crippen LogP contribution in [0.1, 0.15) is 13.3 Å². The lowest BCUT2D eigenvalue weighted by atomic mass is 10.2. The zero-order chi connectivity index (χ0) is 16.8. The van der Waals surface area contributed by atoms with E-state index in [0.29, 0.717) is 35.6 Å². The number of nitrogens with zero attached hydrogens (tertiary/aromatic N) is 4. The molecule has 2 rings (SSSR count). The second-order valence-corrected chi connectivity index (χ2v) is 5.89. The Hall–Kier alpha value is -2.33. The van der Waals surface area contributed by atoms with Crippen LogP contribution in [0.2, 0.25) is 0 Å². The fraction of sp³-hybridized carbons (Fsp3) is 0.375. The molecule has 0 fully saturated rings. The van der Waals surface area contributed by atoms with E-state index in [4.69, 9.17) is 5.26 Å². The zero-order valence-corrected chi connectivity index (χ0v) is 14.0. The first-order valence-electron chi connectivity index (χ1n) is 7.31. The number of thioether (sulfide) groups is 1. The summed E-state index contributed by atoms with van der Waals surface area (Å²) in [6, 6.07) is 9.20. The molecule has 1 amide bonds. The minimum atomic E-state index is -0.123. The van der Waals surface area contributed by atoms with Crippen LogP contribution in [0.5, 0.6) is 0 Å². The first-order chi connectivity index (χ1) is 11.1. The lowest BCUT2D eigenvalue weighted by Crippen LogP contribution is -2.33. The fourth-order valence-corrected chi connectivity index (χ4v) is 3.06. The lowest BCUT2D eigenvalue weighted by Gasteiger charge is -2.19. The second kappa shape index (κ2) is 7.79. The Morgan fingerprint density at radius 2 is 2.17 bits per heavy atom. The lowest BCUT2D eigenvalue weighted by molar-refractivity contribution is -0.128. The maximum Gasteiger partial charge on any atom is 0.261 e. The third-order valence-electron chi connectivity index (χ3n) is 3.49. The van der Waals surface area contributed by atoms with E-state index < -0.39 is 0 Å². The van der Waals surface area contributed by atoms with Gasteiger partial charge in [0, 0.05) is 20.1 Å². The number of carbonyl (C=O) groups is 1. The van der Waals surface area contributed by atoms with Gasteiger partial charge in [-0.1, -0.05) is 23.9 Å². The third kappa shape index (κ3) is 3.90. The van der Waals surface area contributed by atoms with Gasteiger partial charge in [0.15, 0.2) is 5.16 Å². The van der Waals surface area contributed by atoms with Crippen molar-refractivity contribution in [1.29, 1.82) is 5.26 Å². The molecule has 0 aliphatic carbocycles. The van der Waals surface area contributed by atoms with Gasteiger partial charge in [0.25, 0.3) is 5.56 Å². The van der Waals surface area contributed by atoms with Crippen LogP contribution in [-0.2, 0) is 11.8 Å². The summed E-state index contributed by atoms with van der Waals surface area (Å²) in [6.07, 6.45) is 0.316. The van der Waals surface area contributed by atoms with Gasteiger partial charge in [0.05, 0.1) is 29.1 Å². The number of amides is 1. The molecule has 0 saturated carbocycles. The highest BCUT2D eigenvalue weighted by Gasteiger charge is 2.14. The van der Waals surface area contributed by atoms with Gasteiger partial charge in [-0.05, 0) is 19.1 Å². The molecule has 0 bridgehead atoms. The molecule has 0 spiro atoms. The van der Waals surface area contributed by atoms with Gasteiger partial charge in [-0.15, -0.1) is 0 Å². The number of rotatable bonds is 6. The molecule has 0 saturated heterocycles. The van der Waals surface area contributed by atoms with Crippen LogP contribution in [0, 0.1) is 11.3 Å². The van der Waals surface area contributed by atoms with Gasteiger partial charge >= 0.3 is 0 Å². The van der Waals surface area contributed by atoms with Crippen molar-refractivity contribution in [1.82, 2.24) is 14.5 Å². The van der Waals surface area contributed by atoms with Gasteiger partial charge in [0.1, 0.15) is 0 Å². The number of hydrogen-bond donors (Lipinski definition) is 0. The Morgan fingerprint density at radius 3 is 2.87 bits per heavy atom. The Labute approximate surface area is 138 Å². The van der Waals surface area contributed by atoms with E-state index in [-0.39, 0.29) is 17.2 Å². The molecule has 1 aromatic heterocycles. The van der Waals surface area contributed by atoms with E-state index in [1.165, 1.54) is 16.3 Å². The summed E-state index contributed by atoms with van der Waals surface area (Å²) in [4.78, 5) is 30.6. The molecule has 0 N–H and O–H groups in total. The Morgan fingerprint density at radius 1 is 1.43 bits per heavy atom. The van der Waals surface area contributed by atoms with Crippen molar-refractivity contribution in [3.05, 3.63) is 34.6 Å². The summed E-state index contributed by atoms with van der Waals surface area (Å²) in [6.45, 7) is 2.87.